The Morgan fingerprint density at radius 3 is 1.44 bits per heavy atom. The molecule has 0 aromatic heterocycles. The summed E-state index contributed by atoms with van der Waals surface area (Å²) in [6, 6.07) is 0. The number of rotatable bonds is 17. The molecule has 0 aliphatic carbocycles. The third kappa shape index (κ3) is 16.1. The smallest absolute Gasteiger partial charge is 0.320 e. The summed E-state index contributed by atoms with van der Waals surface area (Å²) >= 11 is 0. The topological polar surface area (TPSA) is 55.8 Å². The first-order valence-corrected chi connectivity index (χ1v) is 10.2. The van der Waals surface area contributed by atoms with Gasteiger partial charge in [0.05, 0.1) is 26.3 Å². The molecule has 0 radical (unpaired) electrons. The van der Waals surface area contributed by atoms with Gasteiger partial charge in [0.25, 0.3) is 0 Å². The van der Waals surface area contributed by atoms with Gasteiger partial charge in [0.1, 0.15) is 0 Å². The Labute approximate surface area is 154 Å². The second-order valence-electron chi connectivity index (χ2n) is 6.50. The molecule has 0 aromatic carbocycles. The lowest BCUT2D eigenvalue weighted by Crippen LogP contribution is -2.36. The SMILES string of the molecule is CCCCCCCCCCCCN(CC(=O)OCC)CC(=O)OCC. The minimum atomic E-state index is -0.279. The van der Waals surface area contributed by atoms with Crippen LogP contribution >= 0.6 is 0 Å². The molecule has 5 heteroatoms. The monoisotopic (exact) mass is 357 g/mol. The molecule has 0 saturated carbocycles. The highest BCUT2D eigenvalue weighted by atomic mass is 16.5. The Kier molecular flexibility index (Phi) is 16.9. The zero-order chi connectivity index (χ0) is 18.8. The number of unbranched alkanes of at least 4 members (excludes halogenated alkanes) is 9. The van der Waals surface area contributed by atoms with Gasteiger partial charge in [-0.1, -0.05) is 64.7 Å². The highest BCUT2D eigenvalue weighted by Gasteiger charge is 2.15. The van der Waals surface area contributed by atoms with Crippen LogP contribution in [0.5, 0.6) is 0 Å². The van der Waals surface area contributed by atoms with Crippen LogP contribution in [0.2, 0.25) is 0 Å². The van der Waals surface area contributed by atoms with Crippen molar-refractivity contribution < 1.29 is 19.1 Å². The average molecular weight is 358 g/mol. The van der Waals surface area contributed by atoms with E-state index < -0.39 is 0 Å². The third-order valence-corrected chi connectivity index (χ3v) is 4.14. The van der Waals surface area contributed by atoms with E-state index in [1.54, 1.807) is 13.8 Å². The molecule has 0 saturated heterocycles. The predicted molar refractivity (Wildman–Crippen MR) is 102 cm³/mol. The molecule has 0 heterocycles. The first kappa shape index (κ1) is 23.9. The van der Waals surface area contributed by atoms with Crippen molar-refractivity contribution in [2.45, 2.75) is 85.0 Å². The van der Waals surface area contributed by atoms with Crippen molar-refractivity contribution in [1.29, 1.82) is 0 Å². The van der Waals surface area contributed by atoms with Crippen molar-refractivity contribution in [1.82, 2.24) is 4.90 Å². The maximum absolute atomic E-state index is 11.7. The number of nitrogens with zero attached hydrogens (tertiary/aromatic N) is 1. The molecule has 0 rings (SSSR count). The van der Waals surface area contributed by atoms with Crippen molar-refractivity contribution in [2.24, 2.45) is 0 Å². The highest BCUT2D eigenvalue weighted by molar-refractivity contribution is 5.75. The van der Waals surface area contributed by atoms with E-state index in [-0.39, 0.29) is 25.0 Å². The van der Waals surface area contributed by atoms with Crippen molar-refractivity contribution in [3.8, 4) is 0 Å². The number of hydrogen-bond donors (Lipinski definition) is 0. The van der Waals surface area contributed by atoms with Gasteiger partial charge in [0.15, 0.2) is 0 Å². The standard InChI is InChI=1S/C20H39NO4/c1-4-7-8-9-10-11-12-13-14-15-16-21(17-19(22)24-5-2)18-20(23)25-6-3/h4-18H2,1-3H3. The van der Waals surface area contributed by atoms with Crippen molar-refractivity contribution in [2.75, 3.05) is 32.8 Å². The van der Waals surface area contributed by atoms with Crippen LogP contribution in [-0.2, 0) is 19.1 Å². The molecule has 0 bridgehead atoms. The zero-order valence-electron chi connectivity index (χ0n) is 16.7. The molecule has 0 N–H and O–H groups in total. The highest BCUT2D eigenvalue weighted by Crippen LogP contribution is 2.11. The van der Waals surface area contributed by atoms with Gasteiger partial charge in [-0.25, -0.2) is 0 Å². The molecule has 0 spiro atoms. The summed E-state index contributed by atoms with van der Waals surface area (Å²) < 4.78 is 9.96. The molecule has 0 atom stereocenters. The summed E-state index contributed by atoms with van der Waals surface area (Å²) in [4.78, 5) is 25.2. The average Bonchev–Trinajstić information content (AvgIpc) is 2.56. The van der Waals surface area contributed by atoms with E-state index in [4.69, 9.17) is 9.47 Å². The van der Waals surface area contributed by atoms with Crippen molar-refractivity contribution >= 4 is 11.9 Å². The zero-order valence-corrected chi connectivity index (χ0v) is 16.7. The molecule has 5 nitrogen and oxygen atoms in total. The Bertz CT molecular complexity index is 314. The van der Waals surface area contributed by atoms with Crippen LogP contribution in [0.25, 0.3) is 0 Å². The van der Waals surface area contributed by atoms with Crippen molar-refractivity contribution in [3.05, 3.63) is 0 Å². The van der Waals surface area contributed by atoms with Crippen LogP contribution in [0.4, 0.5) is 0 Å². The molecule has 0 amide bonds. The number of carbonyl (C=O) groups is 2. The molecule has 0 fully saturated rings. The Hall–Kier alpha value is -1.10. The number of hydrogen-bond acceptors (Lipinski definition) is 5. The van der Waals surface area contributed by atoms with Crippen LogP contribution in [0.15, 0.2) is 0 Å². The third-order valence-electron chi connectivity index (χ3n) is 4.14. The number of carbonyl (C=O) groups excluding carboxylic acids is 2. The van der Waals surface area contributed by atoms with E-state index >= 15 is 0 Å². The molecule has 0 aliphatic rings. The normalized spacial score (nSPS) is 10.9. The minimum Gasteiger partial charge on any atom is -0.465 e. The maximum Gasteiger partial charge on any atom is 0.320 e. The van der Waals surface area contributed by atoms with E-state index in [9.17, 15) is 9.59 Å². The Balaban J connectivity index is 3.85. The molecule has 0 aromatic rings. The van der Waals surface area contributed by atoms with Crippen LogP contribution in [-0.4, -0.2) is 49.7 Å². The Morgan fingerprint density at radius 1 is 0.640 bits per heavy atom. The molecular weight excluding hydrogens is 318 g/mol. The summed E-state index contributed by atoms with van der Waals surface area (Å²) in [5, 5.41) is 0. The number of ether oxygens (including phenoxy) is 2. The fraction of sp³-hybridized carbons (Fsp3) is 0.900. The van der Waals surface area contributed by atoms with E-state index in [1.165, 1.54) is 51.4 Å². The van der Waals surface area contributed by atoms with Crippen molar-refractivity contribution in [3.63, 3.8) is 0 Å². The lowest BCUT2D eigenvalue weighted by Gasteiger charge is -2.20. The minimum absolute atomic E-state index is 0.157. The van der Waals surface area contributed by atoms with E-state index in [0.29, 0.717) is 13.2 Å². The van der Waals surface area contributed by atoms with Gasteiger partial charge in [-0.15, -0.1) is 0 Å². The second-order valence-corrected chi connectivity index (χ2v) is 6.50. The Morgan fingerprint density at radius 2 is 1.04 bits per heavy atom. The summed E-state index contributed by atoms with van der Waals surface area (Å²) in [7, 11) is 0. The quantitative estimate of drug-likeness (QED) is 0.286. The van der Waals surface area contributed by atoms with Gasteiger partial charge < -0.3 is 9.47 Å². The van der Waals surface area contributed by atoms with Gasteiger partial charge in [-0.2, -0.15) is 0 Å². The van der Waals surface area contributed by atoms with Gasteiger partial charge in [-0.3, -0.25) is 14.5 Å². The molecular formula is C20H39NO4. The summed E-state index contributed by atoms with van der Waals surface area (Å²) in [5.74, 6) is -0.558. The van der Waals surface area contributed by atoms with E-state index in [1.807, 2.05) is 4.90 Å². The summed E-state index contributed by atoms with van der Waals surface area (Å²) in [6.45, 7) is 7.59. The first-order valence-electron chi connectivity index (χ1n) is 10.2. The maximum atomic E-state index is 11.7. The molecule has 25 heavy (non-hydrogen) atoms. The van der Waals surface area contributed by atoms with Crippen LogP contribution in [0.1, 0.15) is 85.0 Å². The van der Waals surface area contributed by atoms with E-state index in [2.05, 4.69) is 6.92 Å². The van der Waals surface area contributed by atoms with Gasteiger partial charge in [0, 0.05) is 0 Å². The fourth-order valence-corrected chi connectivity index (χ4v) is 2.82. The molecule has 148 valence electrons. The lowest BCUT2D eigenvalue weighted by molar-refractivity contribution is -0.148. The molecule has 0 aliphatic heterocycles. The summed E-state index contributed by atoms with van der Waals surface area (Å²) in [6.07, 6.45) is 12.7. The van der Waals surface area contributed by atoms with Crippen LogP contribution in [0.3, 0.4) is 0 Å². The summed E-state index contributed by atoms with van der Waals surface area (Å²) in [5.41, 5.74) is 0. The van der Waals surface area contributed by atoms with Gasteiger partial charge in [-0.05, 0) is 26.8 Å². The largest absolute Gasteiger partial charge is 0.465 e. The van der Waals surface area contributed by atoms with Crippen LogP contribution < -0.4 is 0 Å². The van der Waals surface area contributed by atoms with Gasteiger partial charge >= 0.3 is 11.9 Å². The fourth-order valence-electron chi connectivity index (χ4n) is 2.82. The van der Waals surface area contributed by atoms with E-state index in [0.717, 1.165) is 19.4 Å². The second kappa shape index (κ2) is 17.7. The van der Waals surface area contributed by atoms with Crippen LogP contribution in [0, 0.1) is 0 Å². The lowest BCUT2D eigenvalue weighted by atomic mass is 10.1. The number of esters is 2. The molecule has 0 unspecified atom stereocenters. The predicted octanol–water partition coefficient (Wildman–Crippen LogP) is 4.34. The van der Waals surface area contributed by atoms with Gasteiger partial charge in [0.2, 0.25) is 0 Å². The first-order chi connectivity index (χ1) is 12.1.